The van der Waals surface area contributed by atoms with Crippen LogP contribution in [0.2, 0.25) is 5.02 Å². The second-order valence-electron chi connectivity index (χ2n) is 5.90. The Hall–Kier alpha value is -2.29. The number of phenolic OH excluding ortho intramolecular Hbond substituents is 1. The van der Waals surface area contributed by atoms with E-state index >= 15 is 0 Å². The second-order valence-corrected chi connectivity index (χ2v) is 6.34. The molecule has 2 aromatic rings. The summed E-state index contributed by atoms with van der Waals surface area (Å²) in [5.74, 6) is -0.450. The molecule has 1 aliphatic heterocycles. The van der Waals surface area contributed by atoms with E-state index in [9.17, 15) is 23.1 Å². The minimum Gasteiger partial charge on any atom is -0.508 e. The summed E-state index contributed by atoms with van der Waals surface area (Å²) in [6.07, 6.45) is -4.19. The molecule has 1 fully saturated rings. The number of amides is 1. The Morgan fingerprint density at radius 2 is 1.96 bits per heavy atom. The van der Waals surface area contributed by atoms with Crippen LogP contribution in [0, 0.1) is 0 Å². The molecular weight excluding hydrogens is 371 g/mol. The molecule has 0 saturated carbocycles. The molecule has 0 aliphatic carbocycles. The van der Waals surface area contributed by atoms with Crippen LogP contribution in [0.25, 0.3) is 0 Å². The van der Waals surface area contributed by atoms with E-state index in [1.165, 1.54) is 18.2 Å². The Morgan fingerprint density at radius 3 is 2.69 bits per heavy atom. The maximum Gasteiger partial charge on any atom is 0.416 e. The van der Waals surface area contributed by atoms with Crippen molar-refractivity contribution >= 4 is 23.2 Å². The van der Waals surface area contributed by atoms with E-state index in [-0.39, 0.29) is 17.5 Å². The third-order valence-electron chi connectivity index (χ3n) is 4.04. The molecule has 1 aliphatic rings. The molecular formula is C17H15ClF3N3O2. The van der Waals surface area contributed by atoms with Crippen molar-refractivity contribution in [3.05, 3.63) is 58.6 Å². The fourth-order valence-corrected chi connectivity index (χ4v) is 2.92. The Balaban J connectivity index is 1.68. The van der Waals surface area contributed by atoms with Crippen LogP contribution in [-0.4, -0.2) is 17.1 Å². The number of alkyl halides is 3. The van der Waals surface area contributed by atoms with Gasteiger partial charge in [0.25, 0.3) is 0 Å². The SMILES string of the molecule is O=C(Nc1cccc(C(F)(F)F)c1)C1CC(c2cc(Cl)ccc2O)NN1. The molecule has 0 radical (unpaired) electrons. The number of aromatic hydroxyl groups is 1. The van der Waals surface area contributed by atoms with Gasteiger partial charge in [-0.05, 0) is 42.8 Å². The molecule has 3 rings (SSSR count). The second kappa shape index (κ2) is 7.14. The Morgan fingerprint density at radius 1 is 1.19 bits per heavy atom. The highest BCUT2D eigenvalue weighted by molar-refractivity contribution is 6.30. The average molecular weight is 386 g/mol. The standard InChI is InChI=1S/C17H15ClF3N3O2/c18-10-4-5-15(25)12(7-10)13-8-14(24-23-13)16(26)22-11-3-1-2-9(6-11)17(19,20)21/h1-7,13-14,23-25H,8H2,(H,22,26). The molecule has 2 atom stereocenters. The van der Waals surface area contributed by atoms with E-state index in [0.717, 1.165) is 12.1 Å². The first kappa shape index (κ1) is 18.5. The van der Waals surface area contributed by atoms with Crippen molar-refractivity contribution in [3.63, 3.8) is 0 Å². The molecule has 2 unspecified atom stereocenters. The number of anilines is 1. The maximum absolute atomic E-state index is 12.7. The normalized spacial score (nSPS) is 20.2. The molecule has 0 spiro atoms. The molecule has 2 aromatic carbocycles. The van der Waals surface area contributed by atoms with Crippen LogP contribution in [0.4, 0.5) is 18.9 Å². The number of carbonyl (C=O) groups is 1. The van der Waals surface area contributed by atoms with Crippen molar-refractivity contribution in [2.24, 2.45) is 0 Å². The van der Waals surface area contributed by atoms with Crippen molar-refractivity contribution in [2.45, 2.75) is 24.7 Å². The molecule has 1 heterocycles. The Bertz CT molecular complexity index is 829. The predicted molar refractivity (Wildman–Crippen MR) is 90.6 cm³/mol. The lowest BCUT2D eigenvalue weighted by Gasteiger charge is -2.13. The number of carbonyl (C=O) groups excluding carboxylic acids is 1. The smallest absolute Gasteiger partial charge is 0.416 e. The van der Waals surface area contributed by atoms with E-state index < -0.39 is 23.7 Å². The molecule has 9 heteroatoms. The van der Waals surface area contributed by atoms with Gasteiger partial charge in [-0.1, -0.05) is 17.7 Å². The number of halogens is 4. The average Bonchev–Trinajstić information content (AvgIpc) is 3.06. The van der Waals surface area contributed by atoms with Gasteiger partial charge in [-0.3, -0.25) is 4.79 Å². The van der Waals surface area contributed by atoms with Crippen molar-refractivity contribution in [1.29, 1.82) is 0 Å². The van der Waals surface area contributed by atoms with E-state index in [1.54, 1.807) is 12.1 Å². The van der Waals surface area contributed by atoms with E-state index in [4.69, 9.17) is 11.6 Å². The third kappa shape index (κ3) is 4.09. The summed E-state index contributed by atoms with van der Waals surface area (Å²) in [5.41, 5.74) is 5.41. The predicted octanol–water partition coefficient (Wildman–Crippen LogP) is 3.61. The summed E-state index contributed by atoms with van der Waals surface area (Å²) < 4.78 is 38.2. The van der Waals surface area contributed by atoms with Gasteiger partial charge in [-0.25, -0.2) is 10.9 Å². The monoisotopic (exact) mass is 385 g/mol. The molecule has 26 heavy (non-hydrogen) atoms. The van der Waals surface area contributed by atoms with E-state index in [1.807, 2.05) is 0 Å². The zero-order valence-electron chi connectivity index (χ0n) is 13.3. The number of benzene rings is 2. The van der Waals surface area contributed by atoms with Gasteiger partial charge in [0.1, 0.15) is 11.8 Å². The van der Waals surface area contributed by atoms with Crippen molar-refractivity contribution in [2.75, 3.05) is 5.32 Å². The Labute approximate surface area is 152 Å². The van der Waals surface area contributed by atoms with Crippen LogP contribution >= 0.6 is 11.6 Å². The maximum atomic E-state index is 12.7. The first-order valence-corrected chi connectivity index (χ1v) is 8.09. The number of hydrogen-bond acceptors (Lipinski definition) is 4. The van der Waals surface area contributed by atoms with Crippen molar-refractivity contribution in [3.8, 4) is 5.75 Å². The molecule has 5 nitrogen and oxygen atoms in total. The van der Waals surface area contributed by atoms with Gasteiger partial charge < -0.3 is 10.4 Å². The van der Waals surface area contributed by atoms with Gasteiger partial charge in [0.2, 0.25) is 5.91 Å². The molecule has 0 bridgehead atoms. The topological polar surface area (TPSA) is 73.4 Å². The summed E-state index contributed by atoms with van der Waals surface area (Å²) >= 11 is 5.92. The number of hydrazine groups is 1. The fourth-order valence-electron chi connectivity index (χ4n) is 2.74. The van der Waals surface area contributed by atoms with Crippen LogP contribution < -0.4 is 16.2 Å². The minimum absolute atomic E-state index is 0.0348. The number of nitrogens with one attached hydrogen (secondary N) is 3. The number of hydrogen-bond donors (Lipinski definition) is 4. The summed E-state index contributed by atoms with van der Waals surface area (Å²) in [4.78, 5) is 12.3. The van der Waals surface area contributed by atoms with Crippen LogP contribution in [0.15, 0.2) is 42.5 Å². The summed E-state index contributed by atoms with van der Waals surface area (Å²) in [6.45, 7) is 0. The zero-order chi connectivity index (χ0) is 18.9. The first-order valence-electron chi connectivity index (χ1n) is 7.71. The fraction of sp³-hybridized carbons (Fsp3) is 0.235. The van der Waals surface area contributed by atoms with Crippen molar-refractivity contribution in [1.82, 2.24) is 10.9 Å². The quantitative estimate of drug-likeness (QED) is 0.651. The number of phenols is 1. The van der Waals surface area contributed by atoms with Gasteiger partial charge in [-0.2, -0.15) is 13.2 Å². The molecule has 1 amide bonds. The first-order chi connectivity index (χ1) is 12.2. The lowest BCUT2D eigenvalue weighted by atomic mass is 10.0. The largest absolute Gasteiger partial charge is 0.508 e. The van der Waals surface area contributed by atoms with E-state index in [2.05, 4.69) is 16.2 Å². The molecule has 138 valence electrons. The summed E-state index contributed by atoms with van der Waals surface area (Å²) in [6, 6.07) is 7.95. The molecule has 4 N–H and O–H groups in total. The zero-order valence-corrected chi connectivity index (χ0v) is 14.0. The number of rotatable bonds is 3. The minimum atomic E-state index is -4.48. The van der Waals surface area contributed by atoms with Crippen LogP contribution in [0.5, 0.6) is 5.75 Å². The lowest BCUT2D eigenvalue weighted by Crippen LogP contribution is -2.39. The van der Waals surface area contributed by atoms with Crippen LogP contribution in [0.3, 0.4) is 0 Å². The van der Waals surface area contributed by atoms with Gasteiger partial charge in [-0.15, -0.1) is 0 Å². The molecule has 0 aromatic heterocycles. The summed E-state index contributed by atoms with van der Waals surface area (Å²) in [7, 11) is 0. The van der Waals surface area contributed by atoms with Crippen LogP contribution in [0.1, 0.15) is 23.6 Å². The Kier molecular flexibility index (Phi) is 5.08. The third-order valence-corrected chi connectivity index (χ3v) is 4.28. The highest BCUT2D eigenvalue weighted by Gasteiger charge is 2.33. The van der Waals surface area contributed by atoms with Gasteiger partial charge >= 0.3 is 6.18 Å². The van der Waals surface area contributed by atoms with Gasteiger partial charge in [0.15, 0.2) is 0 Å². The van der Waals surface area contributed by atoms with Crippen LogP contribution in [-0.2, 0) is 11.0 Å². The van der Waals surface area contributed by atoms with Gasteiger partial charge in [0.05, 0.1) is 11.6 Å². The highest BCUT2D eigenvalue weighted by Crippen LogP contribution is 2.33. The summed E-state index contributed by atoms with van der Waals surface area (Å²) in [5, 5.41) is 12.8. The lowest BCUT2D eigenvalue weighted by molar-refractivity contribution is -0.137. The highest BCUT2D eigenvalue weighted by atomic mass is 35.5. The van der Waals surface area contributed by atoms with Gasteiger partial charge in [0, 0.05) is 16.3 Å². The van der Waals surface area contributed by atoms with Crippen molar-refractivity contribution < 1.29 is 23.1 Å². The molecule has 1 saturated heterocycles. The van der Waals surface area contributed by atoms with E-state index in [0.29, 0.717) is 17.0 Å².